The number of benzene rings is 1. The third-order valence-electron chi connectivity index (χ3n) is 1.45. The minimum atomic E-state index is -3.02. The summed E-state index contributed by atoms with van der Waals surface area (Å²) in [4.78, 5) is 10.6. The van der Waals surface area contributed by atoms with Crippen molar-refractivity contribution in [3.8, 4) is 5.75 Å². The molecule has 0 heterocycles. The van der Waals surface area contributed by atoms with Crippen molar-refractivity contribution in [1.82, 2.24) is 0 Å². The quantitative estimate of drug-likeness (QED) is 0.903. The number of ether oxygens (including phenoxy) is 1. The Kier molecular flexibility index (Phi) is 3.71. The minimum absolute atomic E-state index is 0.259. The number of carbonyl (C=O) groups is 1. The molecule has 0 aliphatic rings. The van der Waals surface area contributed by atoms with E-state index in [1.54, 1.807) is 0 Å². The molecule has 82 valence electrons. The summed E-state index contributed by atoms with van der Waals surface area (Å²) < 4.78 is 27.7. The fourth-order valence-corrected chi connectivity index (χ4v) is 1.55. The number of hydrogen-bond acceptors (Lipinski definition) is 2. The van der Waals surface area contributed by atoms with Crippen LogP contribution in [0.2, 0.25) is 10.0 Å². The standard InChI is InChI=1S/C8H4Cl2F2O3/c9-4-1-3(15-8(11)12)2-5(10)6(4)7(13)14/h1-2,8H,(H,13,14). The highest BCUT2D eigenvalue weighted by Crippen LogP contribution is 2.30. The van der Waals surface area contributed by atoms with Crippen molar-refractivity contribution in [2.45, 2.75) is 6.61 Å². The lowest BCUT2D eigenvalue weighted by Crippen LogP contribution is -2.04. The molecule has 7 heteroatoms. The monoisotopic (exact) mass is 256 g/mol. The average molecular weight is 257 g/mol. The summed E-state index contributed by atoms with van der Waals surface area (Å²) in [5.74, 6) is -1.63. The van der Waals surface area contributed by atoms with Gasteiger partial charge in [-0.3, -0.25) is 0 Å². The molecule has 0 fully saturated rings. The van der Waals surface area contributed by atoms with Crippen LogP contribution >= 0.6 is 23.2 Å². The van der Waals surface area contributed by atoms with Crippen molar-refractivity contribution < 1.29 is 23.4 Å². The highest BCUT2D eigenvalue weighted by molar-refractivity contribution is 6.39. The Morgan fingerprint density at radius 2 is 1.80 bits per heavy atom. The van der Waals surface area contributed by atoms with E-state index in [2.05, 4.69) is 4.74 Å². The third-order valence-corrected chi connectivity index (χ3v) is 2.05. The van der Waals surface area contributed by atoms with Crippen molar-refractivity contribution in [3.05, 3.63) is 27.7 Å². The smallest absolute Gasteiger partial charge is 0.387 e. The van der Waals surface area contributed by atoms with Crippen LogP contribution in [0.15, 0.2) is 12.1 Å². The first-order valence-corrected chi connectivity index (χ1v) is 4.34. The minimum Gasteiger partial charge on any atom is -0.478 e. The molecule has 1 aromatic carbocycles. The maximum absolute atomic E-state index is 11.8. The van der Waals surface area contributed by atoms with Gasteiger partial charge in [0.1, 0.15) is 5.75 Å². The molecule has 0 spiro atoms. The molecule has 0 bridgehead atoms. The van der Waals surface area contributed by atoms with E-state index in [1.807, 2.05) is 0 Å². The molecule has 0 radical (unpaired) electrons. The van der Waals surface area contributed by atoms with Gasteiger partial charge in [0.25, 0.3) is 0 Å². The number of carboxylic acid groups (broad SMARTS) is 1. The molecule has 3 nitrogen and oxygen atoms in total. The summed E-state index contributed by atoms with van der Waals surface area (Å²) in [6.07, 6.45) is 0. The molecule has 0 aromatic heterocycles. The first kappa shape index (κ1) is 12.0. The number of rotatable bonds is 3. The van der Waals surface area contributed by atoms with Gasteiger partial charge in [-0.1, -0.05) is 23.2 Å². The van der Waals surface area contributed by atoms with Crippen molar-refractivity contribution in [1.29, 1.82) is 0 Å². The third kappa shape index (κ3) is 2.94. The normalized spacial score (nSPS) is 10.5. The second-order valence-electron chi connectivity index (χ2n) is 2.45. The molecule has 1 rings (SSSR count). The Morgan fingerprint density at radius 1 is 1.33 bits per heavy atom. The van der Waals surface area contributed by atoms with Crippen LogP contribution in [-0.4, -0.2) is 17.7 Å². The molecular weight excluding hydrogens is 253 g/mol. The zero-order valence-corrected chi connectivity index (χ0v) is 8.52. The number of carboxylic acids is 1. The van der Waals surface area contributed by atoms with Crippen LogP contribution < -0.4 is 4.74 Å². The number of hydrogen-bond donors (Lipinski definition) is 1. The summed E-state index contributed by atoms with van der Waals surface area (Å²) in [7, 11) is 0. The fourth-order valence-electron chi connectivity index (χ4n) is 0.925. The van der Waals surface area contributed by atoms with E-state index < -0.39 is 12.6 Å². The van der Waals surface area contributed by atoms with Crippen LogP contribution in [0.4, 0.5) is 8.78 Å². The Bertz CT molecular complexity index is 372. The Hall–Kier alpha value is -1.07. The Morgan fingerprint density at radius 3 is 2.13 bits per heavy atom. The van der Waals surface area contributed by atoms with Gasteiger partial charge in [0.05, 0.1) is 15.6 Å². The number of aromatic carboxylic acids is 1. The van der Waals surface area contributed by atoms with E-state index in [1.165, 1.54) is 0 Å². The predicted molar refractivity (Wildman–Crippen MR) is 50.1 cm³/mol. The van der Waals surface area contributed by atoms with Gasteiger partial charge in [0.15, 0.2) is 0 Å². The SMILES string of the molecule is O=C(O)c1c(Cl)cc(OC(F)F)cc1Cl. The zero-order valence-electron chi connectivity index (χ0n) is 7.01. The second-order valence-corrected chi connectivity index (χ2v) is 3.26. The van der Waals surface area contributed by atoms with Crippen molar-refractivity contribution >= 4 is 29.2 Å². The summed E-state index contributed by atoms with van der Waals surface area (Å²) in [6, 6.07) is 1.92. The number of alkyl halides is 2. The maximum atomic E-state index is 11.8. The van der Waals surface area contributed by atoms with Crippen LogP contribution in [0.1, 0.15) is 10.4 Å². The maximum Gasteiger partial charge on any atom is 0.387 e. The van der Waals surface area contributed by atoms with Crippen LogP contribution in [0.25, 0.3) is 0 Å². The van der Waals surface area contributed by atoms with Crippen molar-refractivity contribution in [2.24, 2.45) is 0 Å². The summed E-state index contributed by atoms with van der Waals surface area (Å²) >= 11 is 11.0. The molecule has 0 saturated heterocycles. The molecule has 1 N–H and O–H groups in total. The zero-order chi connectivity index (χ0) is 11.6. The highest BCUT2D eigenvalue weighted by atomic mass is 35.5. The van der Waals surface area contributed by atoms with Crippen LogP contribution in [-0.2, 0) is 0 Å². The average Bonchev–Trinajstić information content (AvgIpc) is 1.99. The van der Waals surface area contributed by atoms with Crippen molar-refractivity contribution in [2.75, 3.05) is 0 Å². The van der Waals surface area contributed by atoms with Gasteiger partial charge < -0.3 is 9.84 Å². The molecule has 0 aliphatic carbocycles. The predicted octanol–water partition coefficient (Wildman–Crippen LogP) is 3.29. The molecule has 0 amide bonds. The summed E-state index contributed by atoms with van der Waals surface area (Å²) in [6.45, 7) is -3.02. The molecule has 1 aromatic rings. The second kappa shape index (κ2) is 4.63. The van der Waals surface area contributed by atoms with Crippen LogP contribution in [0, 0.1) is 0 Å². The van der Waals surface area contributed by atoms with Gasteiger partial charge in [0.2, 0.25) is 0 Å². The summed E-state index contributed by atoms with van der Waals surface area (Å²) in [5, 5.41) is 8.14. The van der Waals surface area contributed by atoms with E-state index in [9.17, 15) is 13.6 Å². The van der Waals surface area contributed by atoms with E-state index in [0.29, 0.717) is 0 Å². The van der Waals surface area contributed by atoms with Crippen LogP contribution in [0.3, 0.4) is 0 Å². The van der Waals surface area contributed by atoms with Crippen molar-refractivity contribution in [3.63, 3.8) is 0 Å². The first-order valence-electron chi connectivity index (χ1n) is 3.59. The topological polar surface area (TPSA) is 46.5 Å². The largest absolute Gasteiger partial charge is 0.478 e. The number of halogens is 4. The van der Waals surface area contributed by atoms with E-state index in [-0.39, 0.29) is 21.4 Å². The lowest BCUT2D eigenvalue weighted by atomic mass is 10.2. The highest BCUT2D eigenvalue weighted by Gasteiger charge is 2.16. The van der Waals surface area contributed by atoms with Gasteiger partial charge >= 0.3 is 12.6 Å². The van der Waals surface area contributed by atoms with E-state index in [4.69, 9.17) is 28.3 Å². The van der Waals surface area contributed by atoms with Gasteiger partial charge in [-0.15, -0.1) is 0 Å². The van der Waals surface area contributed by atoms with Gasteiger partial charge in [-0.05, 0) is 12.1 Å². The Labute approximate surface area is 93.2 Å². The van der Waals surface area contributed by atoms with Gasteiger partial charge in [-0.2, -0.15) is 8.78 Å². The van der Waals surface area contributed by atoms with Crippen LogP contribution in [0.5, 0.6) is 5.75 Å². The first-order chi connectivity index (χ1) is 6.91. The lowest BCUT2D eigenvalue weighted by molar-refractivity contribution is -0.0498. The lowest BCUT2D eigenvalue weighted by Gasteiger charge is -2.07. The molecule has 0 atom stereocenters. The molecule has 0 saturated carbocycles. The summed E-state index contributed by atoms with van der Waals surface area (Å²) in [5.41, 5.74) is -0.347. The molecule has 15 heavy (non-hydrogen) atoms. The fraction of sp³-hybridized carbons (Fsp3) is 0.125. The molecule has 0 aliphatic heterocycles. The van der Waals surface area contributed by atoms with E-state index >= 15 is 0 Å². The molecular formula is C8H4Cl2F2O3. The Balaban J connectivity index is 3.14. The van der Waals surface area contributed by atoms with E-state index in [0.717, 1.165) is 12.1 Å². The van der Waals surface area contributed by atoms with Gasteiger partial charge in [0, 0.05) is 0 Å². The molecule has 0 unspecified atom stereocenters. The van der Waals surface area contributed by atoms with Gasteiger partial charge in [-0.25, -0.2) is 4.79 Å².